The molecule has 0 fully saturated rings. The maximum absolute atomic E-state index is 14.3. The summed E-state index contributed by atoms with van der Waals surface area (Å²) in [5.41, 5.74) is -4.07. The number of aliphatic hydroxyl groups is 1. The number of β-amino-alcohol motifs (C(OH)–C–C–N with tert-alkyl or cyclic N) is 1. The van der Waals surface area contributed by atoms with Crippen LogP contribution in [0, 0.1) is 5.82 Å². The summed E-state index contributed by atoms with van der Waals surface area (Å²) in [7, 11) is 0. The topological polar surface area (TPSA) is 66.6 Å². The number of amides is 1. The van der Waals surface area contributed by atoms with Crippen molar-refractivity contribution < 1.29 is 31.9 Å². The van der Waals surface area contributed by atoms with Crippen LogP contribution in [0.4, 0.5) is 23.4 Å². The van der Waals surface area contributed by atoms with Crippen molar-refractivity contribution >= 4 is 22.7 Å². The second-order valence-electron chi connectivity index (χ2n) is 5.91. The summed E-state index contributed by atoms with van der Waals surface area (Å²) in [4.78, 5) is 17.2. The van der Waals surface area contributed by atoms with E-state index in [0.29, 0.717) is 10.3 Å². The van der Waals surface area contributed by atoms with Crippen LogP contribution in [0.5, 0.6) is 0 Å². The fourth-order valence-electron chi connectivity index (χ4n) is 3.03. The molecule has 4 rings (SSSR count). The molecule has 1 aliphatic rings. The van der Waals surface area contributed by atoms with Crippen LogP contribution in [-0.2, 0) is 5.60 Å². The van der Waals surface area contributed by atoms with Crippen LogP contribution >= 0.6 is 0 Å². The van der Waals surface area contributed by atoms with E-state index in [1.807, 2.05) is 0 Å². The Morgan fingerprint density at radius 1 is 1.31 bits per heavy atom. The van der Waals surface area contributed by atoms with Gasteiger partial charge in [0.05, 0.1) is 18.4 Å². The van der Waals surface area contributed by atoms with Crippen molar-refractivity contribution in [1.82, 2.24) is 4.98 Å². The molecule has 2 aromatic heterocycles. The first-order valence-electron chi connectivity index (χ1n) is 7.45. The highest BCUT2D eigenvalue weighted by atomic mass is 19.4. The molecule has 1 N–H and O–H groups in total. The Bertz CT molecular complexity index is 1030. The molecule has 1 unspecified atom stereocenters. The van der Waals surface area contributed by atoms with Gasteiger partial charge in [-0.15, -0.1) is 0 Å². The van der Waals surface area contributed by atoms with Crippen molar-refractivity contribution in [2.45, 2.75) is 11.8 Å². The molecular formula is C17H10F4N2O3. The van der Waals surface area contributed by atoms with E-state index < -0.39 is 41.2 Å². The zero-order valence-electron chi connectivity index (χ0n) is 12.9. The molecule has 134 valence electrons. The molecule has 0 saturated heterocycles. The number of furan rings is 1. The zero-order chi connectivity index (χ0) is 18.7. The van der Waals surface area contributed by atoms with Crippen LogP contribution in [0.3, 0.4) is 0 Å². The van der Waals surface area contributed by atoms with Crippen LogP contribution in [0.1, 0.15) is 15.9 Å². The van der Waals surface area contributed by atoms with E-state index in [-0.39, 0.29) is 11.4 Å². The van der Waals surface area contributed by atoms with Crippen molar-refractivity contribution in [2.75, 3.05) is 11.4 Å². The summed E-state index contributed by atoms with van der Waals surface area (Å²) in [6, 6.07) is 5.92. The number of hydrogen-bond donors (Lipinski definition) is 1. The van der Waals surface area contributed by atoms with Crippen LogP contribution in [0.15, 0.2) is 47.2 Å². The summed E-state index contributed by atoms with van der Waals surface area (Å²) in [6.07, 6.45) is -2.54. The number of nitrogens with zero attached hydrogens (tertiary/aromatic N) is 2. The van der Waals surface area contributed by atoms with E-state index in [2.05, 4.69) is 4.98 Å². The molecule has 0 bridgehead atoms. The van der Waals surface area contributed by atoms with Crippen LogP contribution in [-0.4, -0.2) is 28.7 Å². The van der Waals surface area contributed by atoms with Gasteiger partial charge >= 0.3 is 6.18 Å². The van der Waals surface area contributed by atoms with E-state index >= 15 is 0 Å². The molecule has 0 radical (unpaired) electrons. The number of hydrogen-bond acceptors (Lipinski definition) is 4. The number of benzene rings is 1. The zero-order valence-corrected chi connectivity index (χ0v) is 12.9. The number of fused-ring (bicyclic) bond motifs is 2. The number of alkyl halides is 3. The van der Waals surface area contributed by atoms with Gasteiger partial charge in [-0.2, -0.15) is 13.2 Å². The van der Waals surface area contributed by atoms with Crippen LogP contribution < -0.4 is 4.90 Å². The normalized spacial score (nSPS) is 19.8. The predicted molar refractivity (Wildman–Crippen MR) is 82.0 cm³/mol. The number of carbonyl (C=O) groups excluding carboxylic acids is 1. The average Bonchev–Trinajstić information content (AvgIpc) is 3.16. The number of aromatic nitrogens is 1. The first-order valence-corrected chi connectivity index (χ1v) is 7.45. The third-order valence-corrected chi connectivity index (χ3v) is 4.36. The van der Waals surface area contributed by atoms with E-state index in [4.69, 9.17) is 4.42 Å². The summed E-state index contributed by atoms with van der Waals surface area (Å²) < 4.78 is 59.5. The van der Waals surface area contributed by atoms with Crippen molar-refractivity contribution in [3.05, 3.63) is 59.7 Å². The molecule has 0 spiro atoms. The Labute approximate surface area is 143 Å². The fraction of sp³-hybridized carbons (Fsp3) is 0.176. The smallest absolute Gasteiger partial charge is 0.423 e. The molecule has 26 heavy (non-hydrogen) atoms. The van der Waals surface area contributed by atoms with Crippen molar-refractivity contribution in [3.8, 4) is 0 Å². The summed E-state index contributed by atoms with van der Waals surface area (Å²) >= 11 is 0. The van der Waals surface area contributed by atoms with E-state index in [1.54, 1.807) is 0 Å². The van der Waals surface area contributed by atoms with Gasteiger partial charge in [0, 0.05) is 23.2 Å². The number of halogens is 4. The van der Waals surface area contributed by atoms with Gasteiger partial charge in [0.2, 0.25) is 5.60 Å². The Morgan fingerprint density at radius 3 is 2.81 bits per heavy atom. The van der Waals surface area contributed by atoms with Gasteiger partial charge < -0.3 is 9.52 Å². The minimum absolute atomic E-state index is 0.200. The van der Waals surface area contributed by atoms with E-state index in [9.17, 15) is 27.5 Å². The molecule has 3 heterocycles. The van der Waals surface area contributed by atoms with E-state index in [0.717, 1.165) is 12.1 Å². The lowest BCUT2D eigenvalue weighted by atomic mass is 9.97. The maximum atomic E-state index is 14.3. The third kappa shape index (κ3) is 2.20. The highest BCUT2D eigenvalue weighted by Crippen LogP contribution is 2.48. The lowest BCUT2D eigenvalue weighted by Gasteiger charge is -2.26. The molecular weight excluding hydrogens is 356 g/mol. The molecule has 1 atom stereocenters. The van der Waals surface area contributed by atoms with Gasteiger partial charge in [-0.1, -0.05) is 6.07 Å². The average molecular weight is 366 g/mol. The molecule has 1 aliphatic heterocycles. The molecule has 0 saturated carbocycles. The highest BCUT2D eigenvalue weighted by Gasteiger charge is 2.61. The largest absolute Gasteiger partial charge is 0.464 e. The molecule has 0 aliphatic carbocycles. The van der Waals surface area contributed by atoms with Gasteiger partial charge in [0.15, 0.2) is 0 Å². The number of carbonyl (C=O) groups is 1. The van der Waals surface area contributed by atoms with E-state index in [1.165, 1.54) is 30.7 Å². The second-order valence-corrected chi connectivity index (χ2v) is 5.91. The molecule has 1 aromatic carbocycles. The van der Waals surface area contributed by atoms with Crippen molar-refractivity contribution in [1.29, 1.82) is 0 Å². The fourth-order valence-corrected chi connectivity index (χ4v) is 3.03. The Balaban J connectivity index is 1.83. The van der Waals surface area contributed by atoms with Gasteiger partial charge in [-0.3, -0.25) is 9.69 Å². The standard InChI is InChI=1S/C17H10F4N2O3/c18-12-7-13-9(3-5-26-13)6-10(12)15(24)23-8-16(25,17(19,20)21)11-2-1-4-22-14(11)23/h1-7,25H,8H2. The Hall–Kier alpha value is -2.94. The van der Waals surface area contributed by atoms with Gasteiger partial charge in [-0.25, -0.2) is 9.37 Å². The number of pyridine rings is 1. The number of anilines is 1. The van der Waals surface area contributed by atoms with Gasteiger partial charge in [0.1, 0.15) is 17.2 Å². The highest BCUT2D eigenvalue weighted by molar-refractivity contribution is 6.08. The van der Waals surface area contributed by atoms with Crippen molar-refractivity contribution in [3.63, 3.8) is 0 Å². The minimum atomic E-state index is -5.03. The molecule has 9 heteroatoms. The number of rotatable bonds is 1. The Morgan fingerprint density at radius 2 is 2.08 bits per heavy atom. The third-order valence-electron chi connectivity index (χ3n) is 4.36. The minimum Gasteiger partial charge on any atom is -0.464 e. The maximum Gasteiger partial charge on any atom is 0.423 e. The van der Waals surface area contributed by atoms with Gasteiger partial charge in [0.25, 0.3) is 5.91 Å². The predicted octanol–water partition coefficient (Wildman–Crippen LogP) is 3.38. The second kappa shape index (κ2) is 5.28. The SMILES string of the molecule is O=C(c1cc2ccoc2cc1F)N1CC(O)(C(F)(F)F)c2cccnc21. The lowest BCUT2D eigenvalue weighted by molar-refractivity contribution is -0.258. The Kier molecular flexibility index (Phi) is 3.35. The van der Waals surface area contributed by atoms with Crippen molar-refractivity contribution in [2.24, 2.45) is 0 Å². The lowest BCUT2D eigenvalue weighted by Crippen LogP contribution is -2.47. The molecule has 5 nitrogen and oxygen atoms in total. The van der Waals surface area contributed by atoms with Crippen LogP contribution in [0.2, 0.25) is 0 Å². The molecule has 1 amide bonds. The first kappa shape index (κ1) is 16.5. The summed E-state index contributed by atoms with van der Waals surface area (Å²) in [5, 5.41) is 10.6. The quantitative estimate of drug-likeness (QED) is 0.671. The summed E-state index contributed by atoms with van der Waals surface area (Å²) in [5.74, 6) is -2.34. The monoisotopic (exact) mass is 366 g/mol. The first-order chi connectivity index (χ1) is 12.2. The van der Waals surface area contributed by atoms with Crippen LogP contribution in [0.25, 0.3) is 11.0 Å². The van der Waals surface area contributed by atoms with Gasteiger partial charge in [-0.05, 0) is 18.2 Å². The summed E-state index contributed by atoms with van der Waals surface area (Å²) in [6.45, 7) is -1.11. The molecule has 3 aromatic rings.